The number of benzene rings is 1. The fraction of sp³-hybridized carbons (Fsp3) is 0.647. The Morgan fingerprint density at radius 2 is 2.00 bits per heavy atom. The van der Waals surface area contributed by atoms with Crippen molar-refractivity contribution in [1.29, 1.82) is 0 Å². The molecule has 0 spiro atoms. The third-order valence-electron chi connectivity index (χ3n) is 3.38. The summed E-state index contributed by atoms with van der Waals surface area (Å²) >= 11 is 6.12. The fourth-order valence-electron chi connectivity index (χ4n) is 2.21. The van der Waals surface area contributed by atoms with E-state index in [1.165, 1.54) is 24.8 Å². The van der Waals surface area contributed by atoms with Gasteiger partial charge in [0, 0.05) is 11.6 Å². The highest BCUT2D eigenvalue weighted by atomic mass is 35.5. The second-order valence-corrected chi connectivity index (χ2v) is 6.99. The average Bonchev–Trinajstić information content (AvgIpc) is 2.32. The van der Waals surface area contributed by atoms with Crippen LogP contribution >= 0.6 is 11.6 Å². The van der Waals surface area contributed by atoms with Crippen LogP contribution in [0.25, 0.3) is 0 Å². The molecular weight excluding hydrogens is 254 g/mol. The lowest BCUT2D eigenvalue weighted by Gasteiger charge is -2.24. The Labute approximate surface area is 123 Å². The molecule has 0 amide bonds. The normalized spacial score (nSPS) is 13.5. The minimum Gasteiger partial charge on any atom is -0.316 e. The lowest BCUT2D eigenvalue weighted by molar-refractivity contribution is 0.344. The first-order valence-corrected chi connectivity index (χ1v) is 7.76. The topological polar surface area (TPSA) is 12.0 Å². The summed E-state index contributed by atoms with van der Waals surface area (Å²) < 4.78 is 0. The minimum absolute atomic E-state index is 0.390. The third kappa shape index (κ3) is 6.98. The Kier molecular flexibility index (Phi) is 6.88. The largest absolute Gasteiger partial charge is 0.316 e. The van der Waals surface area contributed by atoms with Gasteiger partial charge in [-0.25, -0.2) is 0 Å². The maximum Gasteiger partial charge on any atom is 0.0408 e. The second kappa shape index (κ2) is 7.91. The van der Waals surface area contributed by atoms with Gasteiger partial charge in [-0.1, -0.05) is 51.4 Å². The monoisotopic (exact) mass is 281 g/mol. The average molecular weight is 282 g/mol. The van der Waals surface area contributed by atoms with E-state index in [0.29, 0.717) is 11.3 Å². The predicted octanol–water partition coefficient (Wildman–Crippen LogP) is 5.25. The molecular formula is C17H28ClN. The van der Waals surface area contributed by atoms with Gasteiger partial charge in [0.2, 0.25) is 0 Å². The SMILES string of the molecule is CCCNCC(CCC(C)(C)C)c1cccc(Cl)c1. The number of nitrogens with one attached hydrogen (secondary N) is 1. The van der Waals surface area contributed by atoms with Gasteiger partial charge in [0.15, 0.2) is 0 Å². The Morgan fingerprint density at radius 3 is 2.58 bits per heavy atom. The fourth-order valence-corrected chi connectivity index (χ4v) is 2.41. The zero-order valence-corrected chi connectivity index (χ0v) is 13.6. The molecule has 1 nitrogen and oxygen atoms in total. The highest BCUT2D eigenvalue weighted by Crippen LogP contribution is 2.29. The summed E-state index contributed by atoms with van der Waals surface area (Å²) in [5, 5.41) is 4.39. The van der Waals surface area contributed by atoms with E-state index in [1.54, 1.807) is 0 Å². The summed E-state index contributed by atoms with van der Waals surface area (Å²) in [6, 6.07) is 8.32. The van der Waals surface area contributed by atoms with Crippen molar-refractivity contribution in [3.63, 3.8) is 0 Å². The molecule has 1 rings (SSSR count). The van der Waals surface area contributed by atoms with Crippen molar-refractivity contribution in [1.82, 2.24) is 5.32 Å². The number of halogens is 1. The van der Waals surface area contributed by atoms with Gasteiger partial charge in [-0.2, -0.15) is 0 Å². The first-order valence-electron chi connectivity index (χ1n) is 7.38. The van der Waals surface area contributed by atoms with Crippen molar-refractivity contribution in [2.24, 2.45) is 5.41 Å². The molecule has 1 N–H and O–H groups in total. The van der Waals surface area contributed by atoms with Crippen LogP contribution in [-0.2, 0) is 0 Å². The molecule has 1 aromatic carbocycles. The molecule has 1 aromatic rings. The number of hydrogen-bond acceptors (Lipinski definition) is 1. The van der Waals surface area contributed by atoms with E-state index in [-0.39, 0.29) is 0 Å². The third-order valence-corrected chi connectivity index (χ3v) is 3.62. The van der Waals surface area contributed by atoms with Gasteiger partial charge in [-0.15, -0.1) is 0 Å². The standard InChI is InChI=1S/C17H28ClN/c1-5-11-19-13-15(9-10-17(2,3)4)14-7-6-8-16(18)12-14/h6-8,12,15,19H,5,9-11,13H2,1-4H3. The lowest BCUT2D eigenvalue weighted by Crippen LogP contribution is -2.23. The van der Waals surface area contributed by atoms with Crippen molar-refractivity contribution in [2.75, 3.05) is 13.1 Å². The number of hydrogen-bond donors (Lipinski definition) is 1. The summed E-state index contributed by atoms with van der Waals surface area (Å²) in [7, 11) is 0. The molecule has 0 aliphatic heterocycles. The van der Waals surface area contributed by atoms with Crippen LogP contribution in [0.4, 0.5) is 0 Å². The van der Waals surface area contributed by atoms with Crippen LogP contribution in [-0.4, -0.2) is 13.1 Å². The van der Waals surface area contributed by atoms with E-state index in [9.17, 15) is 0 Å². The molecule has 1 atom stereocenters. The summed E-state index contributed by atoms with van der Waals surface area (Å²) in [4.78, 5) is 0. The summed E-state index contributed by atoms with van der Waals surface area (Å²) in [5.41, 5.74) is 1.75. The van der Waals surface area contributed by atoms with Gasteiger partial charge in [-0.05, 0) is 54.8 Å². The minimum atomic E-state index is 0.390. The molecule has 19 heavy (non-hydrogen) atoms. The van der Waals surface area contributed by atoms with Gasteiger partial charge >= 0.3 is 0 Å². The Bertz CT molecular complexity index is 368. The van der Waals surface area contributed by atoms with Gasteiger partial charge < -0.3 is 5.32 Å². The molecule has 0 aliphatic rings. The van der Waals surface area contributed by atoms with Crippen LogP contribution in [0.15, 0.2) is 24.3 Å². The Morgan fingerprint density at radius 1 is 1.26 bits per heavy atom. The molecule has 0 aromatic heterocycles. The maximum absolute atomic E-state index is 6.12. The smallest absolute Gasteiger partial charge is 0.0408 e. The van der Waals surface area contributed by atoms with Crippen LogP contribution in [0, 0.1) is 5.41 Å². The Hall–Kier alpha value is -0.530. The van der Waals surface area contributed by atoms with E-state index in [2.05, 4.69) is 51.2 Å². The maximum atomic E-state index is 6.12. The van der Waals surface area contributed by atoms with Crippen LogP contribution in [0.3, 0.4) is 0 Å². The summed E-state index contributed by atoms with van der Waals surface area (Å²) in [6.07, 6.45) is 3.63. The van der Waals surface area contributed by atoms with Gasteiger partial charge in [0.05, 0.1) is 0 Å². The van der Waals surface area contributed by atoms with Crippen molar-refractivity contribution >= 4 is 11.6 Å². The first-order chi connectivity index (χ1) is 8.92. The van der Waals surface area contributed by atoms with Crippen LogP contribution in [0.5, 0.6) is 0 Å². The molecule has 0 radical (unpaired) electrons. The second-order valence-electron chi connectivity index (χ2n) is 6.56. The lowest BCUT2D eigenvalue weighted by atomic mass is 9.84. The highest BCUT2D eigenvalue weighted by Gasteiger charge is 2.17. The van der Waals surface area contributed by atoms with E-state index in [1.807, 2.05) is 6.07 Å². The molecule has 0 saturated heterocycles. The van der Waals surface area contributed by atoms with Crippen molar-refractivity contribution < 1.29 is 0 Å². The van der Waals surface area contributed by atoms with Crippen LogP contribution in [0.1, 0.15) is 58.4 Å². The van der Waals surface area contributed by atoms with Crippen LogP contribution in [0.2, 0.25) is 5.02 Å². The Balaban J connectivity index is 2.68. The van der Waals surface area contributed by atoms with Gasteiger partial charge in [0.25, 0.3) is 0 Å². The number of rotatable bonds is 7. The van der Waals surface area contributed by atoms with Crippen LogP contribution < -0.4 is 5.32 Å². The van der Waals surface area contributed by atoms with Gasteiger partial charge in [0.1, 0.15) is 0 Å². The summed E-state index contributed by atoms with van der Waals surface area (Å²) in [5.74, 6) is 0.560. The molecule has 0 fully saturated rings. The van der Waals surface area contributed by atoms with E-state index >= 15 is 0 Å². The van der Waals surface area contributed by atoms with E-state index in [0.717, 1.165) is 18.1 Å². The van der Waals surface area contributed by atoms with E-state index in [4.69, 9.17) is 11.6 Å². The molecule has 0 bridgehead atoms. The molecule has 2 heteroatoms. The van der Waals surface area contributed by atoms with Crippen molar-refractivity contribution in [2.45, 2.75) is 52.9 Å². The quantitative estimate of drug-likeness (QED) is 0.673. The zero-order valence-electron chi connectivity index (χ0n) is 12.8. The predicted molar refractivity (Wildman–Crippen MR) is 86.0 cm³/mol. The highest BCUT2D eigenvalue weighted by molar-refractivity contribution is 6.30. The van der Waals surface area contributed by atoms with Crippen molar-refractivity contribution in [3.05, 3.63) is 34.9 Å². The molecule has 0 aliphatic carbocycles. The summed E-state index contributed by atoms with van der Waals surface area (Å²) in [6.45, 7) is 11.3. The molecule has 1 unspecified atom stereocenters. The zero-order chi connectivity index (χ0) is 14.3. The van der Waals surface area contributed by atoms with Gasteiger partial charge in [-0.3, -0.25) is 0 Å². The molecule has 0 saturated carbocycles. The molecule has 108 valence electrons. The van der Waals surface area contributed by atoms with Crippen molar-refractivity contribution in [3.8, 4) is 0 Å². The molecule has 0 heterocycles. The first kappa shape index (κ1) is 16.5. The van der Waals surface area contributed by atoms with E-state index < -0.39 is 0 Å².